The molecule has 0 unspecified atom stereocenters. The number of fused-ring (bicyclic) bond motifs is 1. The molecule has 1 saturated heterocycles. The monoisotopic (exact) mass is 414 g/mol. The molecule has 3 aromatic rings. The SMILES string of the molecule is COc1cc(N2CCCC2)ccc1C=C(C#N)C(=O)NCCc1c[nH]c2ccccc12. The summed E-state index contributed by atoms with van der Waals surface area (Å²) < 4.78 is 5.53. The van der Waals surface area contributed by atoms with Crippen LogP contribution in [0.5, 0.6) is 5.75 Å². The van der Waals surface area contributed by atoms with Crippen LogP contribution in [0.2, 0.25) is 0 Å². The molecule has 158 valence electrons. The van der Waals surface area contributed by atoms with Gasteiger partial charge < -0.3 is 19.9 Å². The van der Waals surface area contributed by atoms with Crippen LogP contribution < -0.4 is 15.0 Å². The molecule has 6 nitrogen and oxygen atoms in total. The van der Waals surface area contributed by atoms with E-state index in [1.54, 1.807) is 13.2 Å². The van der Waals surface area contributed by atoms with Crippen molar-refractivity contribution >= 4 is 28.6 Å². The van der Waals surface area contributed by atoms with Gasteiger partial charge in [-0.05, 0) is 49.1 Å². The first kappa shape index (κ1) is 20.5. The molecular weight excluding hydrogens is 388 g/mol. The number of hydrogen-bond acceptors (Lipinski definition) is 4. The number of nitrogens with one attached hydrogen (secondary N) is 2. The van der Waals surface area contributed by atoms with Gasteiger partial charge >= 0.3 is 0 Å². The third-order valence-corrected chi connectivity index (χ3v) is 5.71. The highest BCUT2D eigenvalue weighted by atomic mass is 16.5. The number of anilines is 1. The Labute approximate surface area is 182 Å². The maximum atomic E-state index is 12.6. The van der Waals surface area contributed by atoms with Crippen molar-refractivity contribution in [2.45, 2.75) is 19.3 Å². The van der Waals surface area contributed by atoms with Gasteiger partial charge in [0, 0.05) is 54.1 Å². The number of aromatic nitrogens is 1. The van der Waals surface area contributed by atoms with Crippen LogP contribution in [0.1, 0.15) is 24.0 Å². The van der Waals surface area contributed by atoms with E-state index in [4.69, 9.17) is 4.74 Å². The lowest BCUT2D eigenvalue weighted by molar-refractivity contribution is -0.117. The third kappa shape index (κ3) is 4.56. The van der Waals surface area contributed by atoms with Crippen LogP contribution in [0, 0.1) is 11.3 Å². The molecule has 1 aliphatic rings. The number of nitriles is 1. The van der Waals surface area contributed by atoms with Crippen LogP contribution in [0.4, 0.5) is 5.69 Å². The molecule has 2 N–H and O–H groups in total. The maximum Gasteiger partial charge on any atom is 0.261 e. The molecule has 0 saturated carbocycles. The molecule has 0 aliphatic carbocycles. The number of rotatable bonds is 7. The Balaban J connectivity index is 1.43. The first-order chi connectivity index (χ1) is 15.2. The molecule has 1 amide bonds. The molecule has 2 aromatic carbocycles. The number of ether oxygens (including phenoxy) is 1. The Morgan fingerprint density at radius 1 is 1.26 bits per heavy atom. The van der Waals surface area contributed by atoms with Crippen molar-refractivity contribution in [3.63, 3.8) is 0 Å². The molecule has 6 heteroatoms. The highest BCUT2D eigenvalue weighted by Crippen LogP contribution is 2.29. The lowest BCUT2D eigenvalue weighted by atomic mass is 10.1. The molecule has 4 rings (SSSR count). The second kappa shape index (κ2) is 9.40. The van der Waals surface area contributed by atoms with Crippen LogP contribution in [0.15, 0.2) is 54.2 Å². The minimum atomic E-state index is -0.381. The summed E-state index contributed by atoms with van der Waals surface area (Å²) in [6.45, 7) is 2.53. The van der Waals surface area contributed by atoms with E-state index in [-0.39, 0.29) is 11.5 Å². The van der Waals surface area contributed by atoms with Gasteiger partial charge in [-0.15, -0.1) is 0 Å². The molecule has 0 spiro atoms. The summed E-state index contributed by atoms with van der Waals surface area (Å²) in [5.41, 5.74) is 4.09. The number of amides is 1. The Morgan fingerprint density at radius 2 is 2.06 bits per heavy atom. The molecule has 1 aliphatic heterocycles. The number of H-pyrrole nitrogens is 1. The van der Waals surface area contributed by atoms with Crippen molar-refractivity contribution in [1.29, 1.82) is 5.26 Å². The highest BCUT2D eigenvalue weighted by Gasteiger charge is 2.15. The highest BCUT2D eigenvalue weighted by molar-refractivity contribution is 6.02. The van der Waals surface area contributed by atoms with Gasteiger partial charge in [-0.3, -0.25) is 4.79 Å². The molecule has 0 radical (unpaired) electrons. The van der Waals surface area contributed by atoms with Crippen LogP contribution >= 0.6 is 0 Å². The van der Waals surface area contributed by atoms with Crippen molar-refractivity contribution in [3.8, 4) is 11.8 Å². The smallest absolute Gasteiger partial charge is 0.261 e. The van der Waals surface area contributed by atoms with Crippen molar-refractivity contribution in [2.24, 2.45) is 0 Å². The van der Waals surface area contributed by atoms with Gasteiger partial charge in [-0.2, -0.15) is 5.26 Å². The number of carbonyl (C=O) groups is 1. The summed E-state index contributed by atoms with van der Waals surface area (Å²) in [4.78, 5) is 18.1. The Kier molecular flexibility index (Phi) is 6.23. The van der Waals surface area contributed by atoms with Gasteiger partial charge in [0.1, 0.15) is 17.4 Å². The van der Waals surface area contributed by atoms with Crippen LogP contribution in [-0.2, 0) is 11.2 Å². The third-order valence-electron chi connectivity index (χ3n) is 5.71. The summed E-state index contributed by atoms with van der Waals surface area (Å²) in [5, 5.41) is 13.5. The van der Waals surface area contributed by atoms with Gasteiger partial charge in [0.05, 0.1) is 7.11 Å². The second-order valence-corrected chi connectivity index (χ2v) is 7.66. The fourth-order valence-corrected chi connectivity index (χ4v) is 4.04. The molecule has 0 bridgehead atoms. The average molecular weight is 415 g/mol. The van der Waals surface area contributed by atoms with Gasteiger partial charge in [0.15, 0.2) is 0 Å². The van der Waals surface area contributed by atoms with Gasteiger partial charge in [0.25, 0.3) is 5.91 Å². The number of benzene rings is 2. The van der Waals surface area contributed by atoms with E-state index < -0.39 is 0 Å². The van der Waals surface area contributed by atoms with Crippen molar-refractivity contribution in [3.05, 3.63) is 65.4 Å². The second-order valence-electron chi connectivity index (χ2n) is 7.66. The quantitative estimate of drug-likeness (QED) is 0.452. The van der Waals surface area contributed by atoms with Gasteiger partial charge in [-0.25, -0.2) is 0 Å². The van der Waals surface area contributed by atoms with Crippen LogP contribution in [-0.4, -0.2) is 37.6 Å². The molecule has 1 fully saturated rings. The lowest BCUT2D eigenvalue weighted by Gasteiger charge is -2.19. The fraction of sp³-hybridized carbons (Fsp3) is 0.280. The minimum absolute atomic E-state index is 0.0612. The largest absolute Gasteiger partial charge is 0.496 e. The molecule has 2 heterocycles. The summed E-state index contributed by atoms with van der Waals surface area (Å²) in [6, 6.07) is 16.0. The van der Waals surface area contributed by atoms with E-state index in [1.807, 2.05) is 48.7 Å². The topological polar surface area (TPSA) is 81.2 Å². The number of carbonyl (C=O) groups excluding carboxylic acids is 1. The van der Waals surface area contributed by atoms with E-state index >= 15 is 0 Å². The first-order valence-electron chi connectivity index (χ1n) is 10.6. The summed E-state index contributed by atoms with van der Waals surface area (Å²) in [5.74, 6) is 0.275. The number of nitrogens with zero attached hydrogens (tertiary/aromatic N) is 2. The number of aromatic amines is 1. The lowest BCUT2D eigenvalue weighted by Crippen LogP contribution is -2.26. The van der Waals surface area contributed by atoms with E-state index in [9.17, 15) is 10.1 Å². The van der Waals surface area contributed by atoms with Crippen LogP contribution in [0.25, 0.3) is 17.0 Å². The van der Waals surface area contributed by atoms with Crippen molar-refractivity contribution in [2.75, 3.05) is 31.6 Å². The zero-order valence-corrected chi connectivity index (χ0v) is 17.6. The number of methoxy groups -OCH3 is 1. The average Bonchev–Trinajstić information content (AvgIpc) is 3.48. The predicted molar refractivity (Wildman–Crippen MR) is 123 cm³/mol. The summed E-state index contributed by atoms with van der Waals surface area (Å²) in [7, 11) is 1.60. The van der Waals surface area contributed by atoms with Crippen molar-refractivity contribution in [1.82, 2.24) is 10.3 Å². The van der Waals surface area contributed by atoms with E-state index in [1.165, 1.54) is 12.8 Å². The fourth-order valence-electron chi connectivity index (χ4n) is 4.04. The summed E-state index contributed by atoms with van der Waals surface area (Å²) >= 11 is 0. The molecule has 1 aromatic heterocycles. The number of para-hydroxylation sites is 1. The van der Waals surface area contributed by atoms with E-state index in [0.29, 0.717) is 24.3 Å². The zero-order chi connectivity index (χ0) is 21.6. The van der Waals surface area contributed by atoms with Crippen LogP contribution in [0.3, 0.4) is 0 Å². The van der Waals surface area contributed by atoms with E-state index in [0.717, 1.165) is 35.2 Å². The van der Waals surface area contributed by atoms with E-state index in [2.05, 4.69) is 21.3 Å². The first-order valence-corrected chi connectivity index (χ1v) is 10.6. The summed E-state index contributed by atoms with van der Waals surface area (Å²) in [6.07, 6.45) is 6.63. The Bertz CT molecular complexity index is 1150. The number of hydrogen-bond donors (Lipinski definition) is 2. The van der Waals surface area contributed by atoms with Crippen molar-refractivity contribution < 1.29 is 9.53 Å². The maximum absolute atomic E-state index is 12.6. The predicted octanol–water partition coefficient (Wildman–Crippen LogP) is 4.04. The Morgan fingerprint density at radius 3 is 2.84 bits per heavy atom. The van der Waals surface area contributed by atoms with Gasteiger partial charge in [0.2, 0.25) is 0 Å². The zero-order valence-electron chi connectivity index (χ0n) is 17.6. The standard InChI is InChI=1S/C25H26N4O2/c1-31-24-15-21(29-12-4-5-13-29)9-8-18(24)14-20(16-26)25(30)27-11-10-19-17-28-23-7-3-2-6-22(19)23/h2-3,6-9,14-15,17,28H,4-5,10-13H2,1H3,(H,27,30). The molecule has 31 heavy (non-hydrogen) atoms. The molecular formula is C25H26N4O2. The molecule has 0 atom stereocenters. The minimum Gasteiger partial charge on any atom is -0.496 e. The normalized spacial score (nSPS) is 13.9. The van der Waals surface area contributed by atoms with Gasteiger partial charge in [-0.1, -0.05) is 18.2 Å². The Hall–Kier alpha value is -3.72.